The number of anilines is 1. The molecule has 0 aliphatic heterocycles. The minimum Gasteiger partial charge on any atom is -0.362 e. The summed E-state index contributed by atoms with van der Waals surface area (Å²) in [6.07, 6.45) is 4.08. The summed E-state index contributed by atoms with van der Waals surface area (Å²) in [5, 5.41) is 5.62. The summed E-state index contributed by atoms with van der Waals surface area (Å²) in [6.45, 7) is 2.20. The fourth-order valence-electron chi connectivity index (χ4n) is 1.72. The highest BCUT2D eigenvalue weighted by Gasteiger charge is 2.13. The molecule has 0 aliphatic rings. The van der Waals surface area contributed by atoms with Crippen LogP contribution >= 0.6 is 27.3 Å². The molecule has 1 unspecified atom stereocenters. The summed E-state index contributed by atoms with van der Waals surface area (Å²) >= 11 is 5.31. The molecule has 2 heterocycles. The van der Waals surface area contributed by atoms with Crippen LogP contribution in [-0.2, 0) is 0 Å². The van der Waals surface area contributed by atoms with Crippen LogP contribution in [-0.4, -0.2) is 4.98 Å². The number of hydrogen-bond donors (Lipinski definition) is 1. The molecule has 2 aromatic rings. The van der Waals surface area contributed by atoms with Crippen molar-refractivity contribution in [2.45, 2.75) is 25.8 Å². The van der Waals surface area contributed by atoms with Crippen molar-refractivity contribution < 1.29 is 0 Å². The first-order chi connectivity index (χ1) is 8.31. The average molecular weight is 311 g/mol. The van der Waals surface area contributed by atoms with Crippen molar-refractivity contribution in [2.24, 2.45) is 0 Å². The Labute approximate surface area is 114 Å². The van der Waals surface area contributed by atoms with E-state index in [0.717, 1.165) is 23.1 Å². The third kappa shape index (κ3) is 3.30. The molecule has 90 valence electrons. The molecule has 0 saturated heterocycles. The van der Waals surface area contributed by atoms with Crippen LogP contribution in [0.1, 0.15) is 30.7 Å². The maximum absolute atomic E-state index is 4.36. The molecule has 4 heteroatoms. The van der Waals surface area contributed by atoms with Crippen molar-refractivity contribution in [2.75, 3.05) is 5.32 Å². The Morgan fingerprint density at radius 1 is 1.41 bits per heavy atom. The lowest BCUT2D eigenvalue weighted by molar-refractivity contribution is 0.684. The van der Waals surface area contributed by atoms with Gasteiger partial charge in [0.05, 0.1) is 10.5 Å². The Balaban J connectivity index is 2.16. The number of nitrogens with zero attached hydrogens (tertiary/aromatic N) is 1. The van der Waals surface area contributed by atoms with Crippen LogP contribution in [0.25, 0.3) is 0 Å². The van der Waals surface area contributed by atoms with E-state index in [1.807, 2.05) is 18.3 Å². The molecule has 0 spiro atoms. The van der Waals surface area contributed by atoms with Gasteiger partial charge < -0.3 is 5.32 Å². The Morgan fingerprint density at radius 3 is 2.94 bits per heavy atom. The van der Waals surface area contributed by atoms with Gasteiger partial charge in [-0.3, -0.25) is 0 Å². The smallest absolute Gasteiger partial charge is 0.140 e. The Morgan fingerprint density at radius 2 is 2.29 bits per heavy atom. The minimum atomic E-state index is 0.353. The number of hydrogen-bond acceptors (Lipinski definition) is 3. The van der Waals surface area contributed by atoms with Gasteiger partial charge in [0, 0.05) is 11.1 Å². The van der Waals surface area contributed by atoms with Crippen molar-refractivity contribution in [1.29, 1.82) is 0 Å². The SMILES string of the molecule is CCCC(Nc1ncccc1Br)c1cccs1. The molecule has 0 saturated carbocycles. The van der Waals surface area contributed by atoms with E-state index in [1.54, 1.807) is 11.3 Å². The maximum atomic E-state index is 4.36. The lowest BCUT2D eigenvalue weighted by Gasteiger charge is -2.18. The zero-order valence-electron chi connectivity index (χ0n) is 9.69. The maximum Gasteiger partial charge on any atom is 0.140 e. The second-order valence-electron chi connectivity index (χ2n) is 3.83. The van der Waals surface area contributed by atoms with E-state index < -0.39 is 0 Å². The van der Waals surface area contributed by atoms with Crippen molar-refractivity contribution in [3.8, 4) is 0 Å². The molecule has 0 fully saturated rings. The number of aromatic nitrogens is 1. The highest BCUT2D eigenvalue weighted by Crippen LogP contribution is 2.29. The molecule has 0 amide bonds. The van der Waals surface area contributed by atoms with Gasteiger partial charge in [-0.15, -0.1) is 11.3 Å². The molecule has 2 aromatic heterocycles. The van der Waals surface area contributed by atoms with Crippen LogP contribution in [0.2, 0.25) is 0 Å². The zero-order valence-corrected chi connectivity index (χ0v) is 12.1. The lowest BCUT2D eigenvalue weighted by atomic mass is 10.1. The largest absolute Gasteiger partial charge is 0.362 e. The van der Waals surface area contributed by atoms with Gasteiger partial charge in [-0.2, -0.15) is 0 Å². The first-order valence-electron chi connectivity index (χ1n) is 5.71. The van der Waals surface area contributed by atoms with Crippen molar-refractivity contribution >= 4 is 33.1 Å². The summed E-state index contributed by atoms with van der Waals surface area (Å²) in [5.74, 6) is 0.916. The highest BCUT2D eigenvalue weighted by atomic mass is 79.9. The first-order valence-corrected chi connectivity index (χ1v) is 7.39. The van der Waals surface area contributed by atoms with Crippen molar-refractivity contribution in [3.05, 3.63) is 45.2 Å². The van der Waals surface area contributed by atoms with Gasteiger partial charge in [0.15, 0.2) is 0 Å². The zero-order chi connectivity index (χ0) is 12.1. The second kappa shape index (κ2) is 6.17. The van der Waals surface area contributed by atoms with Gasteiger partial charge >= 0.3 is 0 Å². The van der Waals surface area contributed by atoms with Gasteiger partial charge in [-0.1, -0.05) is 19.4 Å². The molecule has 1 atom stereocenters. The standard InChI is InChI=1S/C13H15BrN2S/c1-2-5-11(12-7-4-9-17-12)16-13-10(14)6-3-8-15-13/h3-4,6-9,11H,2,5H2,1H3,(H,15,16). The van der Waals surface area contributed by atoms with Crippen LogP contribution in [0, 0.1) is 0 Å². The van der Waals surface area contributed by atoms with Crippen molar-refractivity contribution in [3.63, 3.8) is 0 Å². The minimum absolute atomic E-state index is 0.353. The van der Waals surface area contributed by atoms with Gasteiger partial charge in [0.1, 0.15) is 5.82 Å². The second-order valence-corrected chi connectivity index (χ2v) is 5.67. The molecule has 2 nitrogen and oxygen atoms in total. The Hall–Kier alpha value is -0.870. The number of halogens is 1. The van der Waals surface area contributed by atoms with E-state index in [4.69, 9.17) is 0 Å². The predicted octanol–water partition coefficient (Wildman–Crippen LogP) is 4.86. The van der Waals surface area contributed by atoms with Gasteiger partial charge in [-0.05, 0) is 45.9 Å². The quantitative estimate of drug-likeness (QED) is 0.853. The first kappa shape index (κ1) is 12.6. The third-order valence-corrected chi connectivity index (χ3v) is 4.16. The van der Waals surface area contributed by atoms with E-state index in [1.165, 1.54) is 4.88 Å². The summed E-state index contributed by atoms with van der Waals surface area (Å²) in [6, 6.07) is 8.56. The Bertz CT molecular complexity index is 456. The van der Waals surface area contributed by atoms with Gasteiger partial charge in [0.2, 0.25) is 0 Å². The van der Waals surface area contributed by atoms with E-state index >= 15 is 0 Å². The average Bonchev–Trinajstić information content (AvgIpc) is 2.85. The summed E-state index contributed by atoms with van der Waals surface area (Å²) in [5.41, 5.74) is 0. The topological polar surface area (TPSA) is 24.9 Å². The van der Waals surface area contributed by atoms with E-state index in [-0.39, 0.29) is 0 Å². The summed E-state index contributed by atoms with van der Waals surface area (Å²) < 4.78 is 1.01. The van der Waals surface area contributed by atoms with E-state index in [9.17, 15) is 0 Å². The van der Waals surface area contributed by atoms with Crippen LogP contribution < -0.4 is 5.32 Å². The molecule has 0 aromatic carbocycles. The molecule has 0 bridgehead atoms. The molecule has 2 rings (SSSR count). The van der Waals surface area contributed by atoms with Crippen LogP contribution in [0.5, 0.6) is 0 Å². The third-order valence-electron chi connectivity index (χ3n) is 2.53. The lowest BCUT2D eigenvalue weighted by Crippen LogP contribution is -2.10. The molecule has 0 radical (unpaired) electrons. The van der Waals surface area contributed by atoms with Crippen LogP contribution in [0.3, 0.4) is 0 Å². The molecular formula is C13H15BrN2S. The summed E-state index contributed by atoms with van der Waals surface area (Å²) in [7, 11) is 0. The van der Waals surface area contributed by atoms with Crippen LogP contribution in [0.4, 0.5) is 5.82 Å². The number of nitrogens with one attached hydrogen (secondary N) is 1. The fraction of sp³-hybridized carbons (Fsp3) is 0.308. The van der Waals surface area contributed by atoms with Crippen LogP contribution in [0.15, 0.2) is 40.3 Å². The molecule has 1 N–H and O–H groups in total. The van der Waals surface area contributed by atoms with Gasteiger partial charge in [0.25, 0.3) is 0 Å². The van der Waals surface area contributed by atoms with Crippen molar-refractivity contribution in [1.82, 2.24) is 4.98 Å². The molecule has 17 heavy (non-hydrogen) atoms. The molecular weight excluding hydrogens is 296 g/mol. The normalized spacial score (nSPS) is 12.4. The fourth-order valence-corrected chi connectivity index (χ4v) is 2.90. The number of rotatable bonds is 5. The molecule has 0 aliphatic carbocycles. The summed E-state index contributed by atoms with van der Waals surface area (Å²) in [4.78, 5) is 5.72. The Kier molecular flexibility index (Phi) is 4.57. The van der Waals surface area contributed by atoms with E-state index in [2.05, 4.69) is 50.7 Å². The van der Waals surface area contributed by atoms with Gasteiger partial charge in [-0.25, -0.2) is 4.98 Å². The van der Waals surface area contributed by atoms with E-state index in [0.29, 0.717) is 6.04 Å². The highest BCUT2D eigenvalue weighted by molar-refractivity contribution is 9.10. The predicted molar refractivity (Wildman–Crippen MR) is 77.5 cm³/mol. The number of pyridine rings is 1. The number of thiophene rings is 1. The monoisotopic (exact) mass is 310 g/mol.